The highest BCUT2D eigenvalue weighted by molar-refractivity contribution is 6.31. The second-order valence-corrected chi connectivity index (χ2v) is 4.87. The number of halogens is 4. The van der Waals surface area contributed by atoms with Gasteiger partial charge in [-0.25, -0.2) is 13.2 Å². The maximum Gasteiger partial charge on any atom is 0.129 e. The van der Waals surface area contributed by atoms with E-state index >= 15 is 0 Å². The number of rotatable bonds is 4. The van der Waals surface area contributed by atoms with Crippen molar-refractivity contribution in [2.75, 3.05) is 7.05 Å². The van der Waals surface area contributed by atoms with Crippen LogP contribution in [-0.4, -0.2) is 7.05 Å². The van der Waals surface area contributed by atoms with Gasteiger partial charge in [0.2, 0.25) is 0 Å². The molecule has 0 amide bonds. The van der Waals surface area contributed by atoms with Gasteiger partial charge in [-0.05, 0) is 43.3 Å². The minimum atomic E-state index is -0.658. The highest BCUT2D eigenvalue weighted by Gasteiger charge is 2.18. The Balaban J connectivity index is 2.34. The summed E-state index contributed by atoms with van der Waals surface area (Å²) in [7, 11) is 1.64. The lowest BCUT2D eigenvalue weighted by Crippen LogP contribution is -2.20. The molecule has 0 radical (unpaired) electrons. The van der Waals surface area contributed by atoms with Crippen molar-refractivity contribution in [3.05, 3.63) is 70.0 Å². The number of likely N-dealkylation sites (N-methyl/N-ethyl adjacent to an activating group) is 1. The summed E-state index contributed by atoms with van der Waals surface area (Å²) in [5.41, 5.74) is 0.725. The molecule has 1 atom stereocenters. The van der Waals surface area contributed by atoms with Crippen LogP contribution in [0.4, 0.5) is 13.2 Å². The van der Waals surface area contributed by atoms with Gasteiger partial charge < -0.3 is 5.32 Å². The fourth-order valence-corrected chi connectivity index (χ4v) is 2.45. The van der Waals surface area contributed by atoms with Crippen molar-refractivity contribution in [1.29, 1.82) is 0 Å². The zero-order chi connectivity index (χ0) is 14.7. The zero-order valence-electron chi connectivity index (χ0n) is 10.8. The van der Waals surface area contributed by atoms with Crippen LogP contribution < -0.4 is 5.32 Å². The molecule has 106 valence electrons. The Morgan fingerprint density at radius 3 is 2.30 bits per heavy atom. The lowest BCUT2D eigenvalue weighted by Gasteiger charge is -2.19. The molecule has 0 saturated carbocycles. The van der Waals surface area contributed by atoms with E-state index in [1.165, 1.54) is 24.3 Å². The molecule has 1 N–H and O–H groups in total. The van der Waals surface area contributed by atoms with Crippen LogP contribution in [0.15, 0.2) is 36.4 Å². The summed E-state index contributed by atoms with van der Waals surface area (Å²) in [6.07, 6.45) is 0.228. The Morgan fingerprint density at radius 1 is 1.10 bits per heavy atom. The molecule has 0 spiro atoms. The number of benzene rings is 2. The van der Waals surface area contributed by atoms with Crippen LogP contribution >= 0.6 is 11.6 Å². The Morgan fingerprint density at radius 2 is 1.75 bits per heavy atom. The molecule has 0 aromatic heterocycles. The van der Waals surface area contributed by atoms with Gasteiger partial charge in [0.1, 0.15) is 17.5 Å². The van der Waals surface area contributed by atoms with Crippen LogP contribution in [0.2, 0.25) is 5.02 Å². The zero-order valence-corrected chi connectivity index (χ0v) is 11.5. The van der Waals surface area contributed by atoms with E-state index in [9.17, 15) is 13.2 Å². The summed E-state index contributed by atoms with van der Waals surface area (Å²) < 4.78 is 40.2. The molecule has 0 heterocycles. The topological polar surface area (TPSA) is 12.0 Å². The number of hydrogen-bond donors (Lipinski definition) is 1. The van der Waals surface area contributed by atoms with E-state index in [0.29, 0.717) is 11.1 Å². The lowest BCUT2D eigenvalue weighted by molar-refractivity contribution is 0.528. The maximum atomic E-state index is 13.9. The monoisotopic (exact) mass is 299 g/mol. The highest BCUT2D eigenvalue weighted by Crippen LogP contribution is 2.28. The second-order valence-electron chi connectivity index (χ2n) is 4.46. The van der Waals surface area contributed by atoms with Crippen LogP contribution in [0.3, 0.4) is 0 Å². The molecule has 0 aliphatic rings. The smallest absolute Gasteiger partial charge is 0.129 e. The van der Waals surface area contributed by atoms with E-state index in [2.05, 4.69) is 5.32 Å². The van der Waals surface area contributed by atoms with Crippen molar-refractivity contribution >= 4 is 11.6 Å². The molecule has 0 bridgehead atoms. The van der Waals surface area contributed by atoms with Crippen LogP contribution in [0, 0.1) is 17.5 Å². The average Bonchev–Trinajstić information content (AvgIpc) is 2.36. The maximum absolute atomic E-state index is 13.9. The molecule has 2 aromatic rings. The van der Waals surface area contributed by atoms with Gasteiger partial charge in [0.15, 0.2) is 0 Å². The third-order valence-electron chi connectivity index (χ3n) is 3.06. The second kappa shape index (κ2) is 6.29. The van der Waals surface area contributed by atoms with Gasteiger partial charge in [0.05, 0.1) is 0 Å². The van der Waals surface area contributed by atoms with Crippen molar-refractivity contribution in [3.8, 4) is 0 Å². The fourth-order valence-electron chi connectivity index (χ4n) is 2.16. The molecular weight excluding hydrogens is 287 g/mol. The van der Waals surface area contributed by atoms with Crippen molar-refractivity contribution in [3.63, 3.8) is 0 Å². The van der Waals surface area contributed by atoms with Crippen molar-refractivity contribution in [2.24, 2.45) is 0 Å². The molecule has 0 aliphatic heterocycles. The Bertz CT molecular complexity index is 576. The molecule has 0 saturated heterocycles. The van der Waals surface area contributed by atoms with Crippen molar-refractivity contribution in [2.45, 2.75) is 12.5 Å². The number of hydrogen-bond acceptors (Lipinski definition) is 1. The quantitative estimate of drug-likeness (QED) is 0.889. The van der Waals surface area contributed by atoms with Gasteiger partial charge in [-0.2, -0.15) is 0 Å². The molecule has 20 heavy (non-hydrogen) atoms. The Kier molecular flexibility index (Phi) is 4.68. The van der Waals surface area contributed by atoms with E-state index in [0.717, 1.165) is 6.07 Å². The van der Waals surface area contributed by atoms with Gasteiger partial charge in [0, 0.05) is 22.7 Å². The third-order valence-corrected chi connectivity index (χ3v) is 3.39. The largest absolute Gasteiger partial charge is 0.313 e. The first-order valence-corrected chi connectivity index (χ1v) is 6.45. The van der Waals surface area contributed by atoms with E-state index in [1.54, 1.807) is 13.1 Å². The average molecular weight is 300 g/mol. The van der Waals surface area contributed by atoms with Crippen LogP contribution in [0.1, 0.15) is 17.2 Å². The summed E-state index contributed by atoms with van der Waals surface area (Å²) in [5, 5.41) is 3.20. The predicted octanol–water partition coefficient (Wildman–Crippen LogP) is 4.26. The van der Waals surface area contributed by atoms with Crippen LogP contribution in [-0.2, 0) is 6.42 Å². The molecule has 0 fully saturated rings. The SMILES string of the molecule is CNC(Cc1cc(F)cc(F)c1)c1c(F)cccc1Cl. The molecule has 1 unspecified atom stereocenters. The Labute approximate surface area is 120 Å². The fraction of sp³-hybridized carbons (Fsp3) is 0.200. The van der Waals surface area contributed by atoms with E-state index in [-0.39, 0.29) is 11.4 Å². The van der Waals surface area contributed by atoms with E-state index in [4.69, 9.17) is 11.6 Å². The van der Waals surface area contributed by atoms with Gasteiger partial charge >= 0.3 is 0 Å². The third kappa shape index (κ3) is 3.32. The van der Waals surface area contributed by atoms with Gasteiger partial charge in [-0.1, -0.05) is 17.7 Å². The predicted molar refractivity (Wildman–Crippen MR) is 73.3 cm³/mol. The lowest BCUT2D eigenvalue weighted by atomic mass is 9.98. The summed E-state index contributed by atoms with van der Waals surface area (Å²) in [5.74, 6) is -1.77. The van der Waals surface area contributed by atoms with Crippen molar-refractivity contribution < 1.29 is 13.2 Å². The minimum absolute atomic E-state index is 0.228. The highest BCUT2D eigenvalue weighted by atomic mass is 35.5. The molecule has 2 rings (SSSR count). The first-order valence-electron chi connectivity index (χ1n) is 6.07. The molecule has 0 aliphatic carbocycles. The molecule has 5 heteroatoms. The van der Waals surface area contributed by atoms with Crippen LogP contribution in [0.25, 0.3) is 0 Å². The van der Waals surface area contributed by atoms with E-state index in [1.807, 2.05) is 0 Å². The first kappa shape index (κ1) is 14.9. The molecular formula is C15H13ClF3N. The molecule has 2 aromatic carbocycles. The number of nitrogens with one attached hydrogen (secondary N) is 1. The summed E-state index contributed by atoms with van der Waals surface area (Å²) in [4.78, 5) is 0. The summed E-state index contributed by atoms with van der Waals surface area (Å²) in [6, 6.07) is 7.17. The van der Waals surface area contributed by atoms with Crippen LogP contribution in [0.5, 0.6) is 0 Å². The normalized spacial score (nSPS) is 12.4. The summed E-state index contributed by atoms with van der Waals surface area (Å²) >= 11 is 6.00. The first-order chi connectivity index (χ1) is 9.51. The Hall–Kier alpha value is -1.52. The van der Waals surface area contributed by atoms with E-state index < -0.39 is 23.5 Å². The van der Waals surface area contributed by atoms with Gasteiger partial charge in [0.25, 0.3) is 0 Å². The summed E-state index contributed by atoms with van der Waals surface area (Å²) in [6.45, 7) is 0. The van der Waals surface area contributed by atoms with Gasteiger partial charge in [-0.15, -0.1) is 0 Å². The molecule has 1 nitrogen and oxygen atoms in total. The standard InChI is InChI=1S/C15H13ClF3N/c1-20-14(15-12(16)3-2-4-13(15)19)7-9-5-10(17)8-11(18)6-9/h2-6,8,14,20H,7H2,1H3. The van der Waals surface area contributed by atoms with Crippen molar-refractivity contribution in [1.82, 2.24) is 5.32 Å². The van der Waals surface area contributed by atoms with Gasteiger partial charge in [-0.3, -0.25) is 0 Å². The minimum Gasteiger partial charge on any atom is -0.313 e.